The monoisotopic (exact) mass is 169 g/mol. The van der Waals surface area contributed by atoms with Gasteiger partial charge in [-0.05, 0) is 13.0 Å². The van der Waals surface area contributed by atoms with E-state index in [4.69, 9.17) is 15.9 Å². The van der Waals surface area contributed by atoms with Crippen molar-refractivity contribution in [3.8, 4) is 0 Å². The zero-order chi connectivity index (χ0) is 9.72. The minimum Gasteiger partial charge on any atom is -0.508 e. The molecular weight excluding hydrogens is 158 g/mol. The Morgan fingerprint density at radius 3 is 2.25 bits per heavy atom. The van der Waals surface area contributed by atoms with Gasteiger partial charge in [0.25, 0.3) is 0 Å². The van der Waals surface area contributed by atoms with Crippen molar-refractivity contribution >= 4 is 5.97 Å². The molecule has 4 N–H and O–H groups in total. The lowest BCUT2D eigenvalue weighted by molar-refractivity contribution is -0.132. The maximum atomic E-state index is 10.4. The van der Waals surface area contributed by atoms with Gasteiger partial charge in [0, 0.05) is 5.70 Å². The highest BCUT2D eigenvalue weighted by Gasteiger charge is 2.09. The van der Waals surface area contributed by atoms with Crippen molar-refractivity contribution in [2.75, 3.05) is 0 Å². The Labute approximate surface area is 70.3 Å². The smallest absolute Gasteiger partial charge is 0.339 e. The number of aliphatic hydroxyl groups is 1. The zero-order valence-electron chi connectivity index (χ0n) is 6.74. The van der Waals surface area contributed by atoms with Gasteiger partial charge in [-0.1, -0.05) is 12.7 Å². The van der Waals surface area contributed by atoms with Crippen molar-refractivity contribution in [2.45, 2.75) is 6.92 Å². The molecule has 0 unspecified atom stereocenters. The average molecular weight is 169 g/mol. The SMILES string of the molecule is C=C(O)/C(=C\C(N)=C/C)C(=O)O. The lowest BCUT2D eigenvalue weighted by atomic mass is 10.2. The Hall–Kier alpha value is -1.71. The van der Waals surface area contributed by atoms with Crippen molar-refractivity contribution in [1.29, 1.82) is 0 Å². The summed E-state index contributed by atoms with van der Waals surface area (Å²) in [6.45, 7) is 4.75. The Morgan fingerprint density at radius 1 is 1.50 bits per heavy atom. The van der Waals surface area contributed by atoms with Crippen LogP contribution in [0.2, 0.25) is 0 Å². The van der Waals surface area contributed by atoms with Crippen LogP contribution in [0, 0.1) is 0 Å². The molecule has 0 aromatic rings. The molecule has 0 atom stereocenters. The predicted molar refractivity (Wildman–Crippen MR) is 45.4 cm³/mol. The summed E-state index contributed by atoms with van der Waals surface area (Å²) in [5, 5.41) is 17.3. The molecule has 4 nitrogen and oxygen atoms in total. The molecule has 0 fully saturated rings. The van der Waals surface area contributed by atoms with Gasteiger partial charge < -0.3 is 15.9 Å². The van der Waals surface area contributed by atoms with Gasteiger partial charge in [-0.25, -0.2) is 4.79 Å². The van der Waals surface area contributed by atoms with E-state index >= 15 is 0 Å². The lowest BCUT2D eigenvalue weighted by Crippen LogP contribution is -2.05. The molecule has 0 rings (SSSR count). The largest absolute Gasteiger partial charge is 0.508 e. The van der Waals surface area contributed by atoms with Crippen LogP contribution in [0.1, 0.15) is 6.92 Å². The number of carboxylic acid groups (broad SMARTS) is 1. The summed E-state index contributed by atoms with van der Waals surface area (Å²) in [7, 11) is 0. The van der Waals surface area contributed by atoms with E-state index in [9.17, 15) is 4.79 Å². The second-order valence-electron chi connectivity index (χ2n) is 2.10. The first-order chi connectivity index (χ1) is 5.49. The van der Waals surface area contributed by atoms with Crippen LogP contribution in [0.15, 0.2) is 35.8 Å². The van der Waals surface area contributed by atoms with E-state index in [-0.39, 0.29) is 11.3 Å². The Bertz CT molecular complexity index is 247. The maximum absolute atomic E-state index is 10.4. The molecule has 0 radical (unpaired) electrons. The van der Waals surface area contributed by atoms with Crippen LogP contribution >= 0.6 is 0 Å². The van der Waals surface area contributed by atoms with Crippen LogP contribution in [0.3, 0.4) is 0 Å². The number of allylic oxidation sites excluding steroid dienone is 2. The van der Waals surface area contributed by atoms with Gasteiger partial charge >= 0.3 is 5.97 Å². The van der Waals surface area contributed by atoms with Crippen molar-refractivity contribution in [1.82, 2.24) is 0 Å². The normalized spacial score (nSPS) is 12.8. The third-order valence-corrected chi connectivity index (χ3v) is 1.19. The predicted octanol–water partition coefficient (Wildman–Crippen LogP) is 0.932. The molecule has 0 heterocycles. The van der Waals surface area contributed by atoms with Crippen molar-refractivity contribution < 1.29 is 15.0 Å². The fourth-order valence-electron chi connectivity index (χ4n) is 0.518. The van der Waals surface area contributed by atoms with Gasteiger partial charge in [0.1, 0.15) is 11.3 Å². The first-order valence-electron chi connectivity index (χ1n) is 3.24. The molecule has 0 bridgehead atoms. The van der Waals surface area contributed by atoms with Gasteiger partial charge in [0.2, 0.25) is 0 Å². The van der Waals surface area contributed by atoms with Crippen LogP contribution in [0.4, 0.5) is 0 Å². The maximum Gasteiger partial charge on any atom is 0.339 e. The average Bonchev–Trinajstić information content (AvgIpc) is 1.98. The van der Waals surface area contributed by atoms with Crippen molar-refractivity contribution in [3.63, 3.8) is 0 Å². The summed E-state index contributed by atoms with van der Waals surface area (Å²) in [6.07, 6.45) is 2.66. The van der Waals surface area contributed by atoms with E-state index < -0.39 is 11.7 Å². The van der Waals surface area contributed by atoms with E-state index in [1.165, 1.54) is 6.08 Å². The van der Waals surface area contributed by atoms with Gasteiger partial charge in [0.15, 0.2) is 0 Å². The molecule has 12 heavy (non-hydrogen) atoms. The highest BCUT2D eigenvalue weighted by molar-refractivity contribution is 5.91. The van der Waals surface area contributed by atoms with Gasteiger partial charge in [-0.3, -0.25) is 0 Å². The quantitative estimate of drug-likeness (QED) is 0.333. The number of aliphatic carboxylic acids is 1. The second kappa shape index (κ2) is 4.23. The number of aliphatic hydroxyl groups excluding tert-OH is 1. The molecule has 0 amide bonds. The van der Waals surface area contributed by atoms with Crippen LogP contribution in [0.5, 0.6) is 0 Å². The minimum atomic E-state index is -1.26. The molecule has 0 aromatic carbocycles. The van der Waals surface area contributed by atoms with Crippen molar-refractivity contribution in [2.24, 2.45) is 5.73 Å². The number of hydrogen-bond donors (Lipinski definition) is 3. The number of carboxylic acids is 1. The molecule has 0 aliphatic carbocycles. The van der Waals surface area contributed by atoms with Crippen LogP contribution < -0.4 is 5.73 Å². The number of nitrogens with two attached hydrogens (primary N) is 1. The van der Waals surface area contributed by atoms with Crippen LogP contribution in [-0.4, -0.2) is 16.2 Å². The molecule has 0 aliphatic heterocycles. The van der Waals surface area contributed by atoms with Gasteiger partial charge in [-0.15, -0.1) is 0 Å². The molecule has 4 heteroatoms. The van der Waals surface area contributed by atoms with E-state index in [1.807, 2.05) is 0 Å². The van der Waals surface area contributed by atoms with E-state index in [2.05, 4.69) is 6.58 Å². The van der Waals surface area contributed by atoms with E-state index in [0.717, 1.165) is 6.08 Å². The minimum absolute atomic E-state index is 0.266. The lowest BCUT2D eigenvalue weighted by Gasteiger charge is -1.98. The summed E-state index contributed by atoms with van der Waals surface area (Å²) >= 11 is 0. The van der Waals surface area contributed by atoms with Crippen molar-refractivity contribution in [3.05, 3.63) is 35.8 Å². The van der Waals surface area contributed by atoms with E-state index in [1.54, 1.807) is 6.92 Å². The fourth-order valence-corrected chi connectivity index (χ4v) is 0.518. The molecule has 66 valence electrons. The molecule has 0 aromatic heterocycles. The second-order valence-corrected chi connectivity index (χ2v) is 2.10. The molecule has 0 saturated heterocycles. The summed E-state index contributed by atoms with van der Waals surface area (Å²) in [6, 6.07) is 0. The highest BCUT2D eigenvalue weighted by Crippen LogP contribution is 2.06. The third-order valence-electron chi connectivity index (χ3n) is 1.19. The third kappa shape index (κ3) is 2.92. The topological polar surface area (TPSA) is 83.5 Å². The van der Waals surface area contributed by atoms with Gasteiger partial charge in [0.05, 0.1) is 0 Å². The first kappa shape index (κ1) is 10.3. The summed E-state index contributed by atoms with van der Waals surface area (Å²) in [5.74, 6) is -1.76. The van der Waals surface area contributed by atoms with Crippen LogP contribution in [0.25, 0.3) is 0 Å². The molecular formula is C8H11NO3. The van der Waals surface area contributed by atoms with Crippen LogP contribution in [-0.2, 0) is 4.79 Å². The summed E-state index contributed by atoms with van der Waals surface area (Å²) < 4.78 is 0. The zero-order valence-corrected chi connectivity index (χ0v) is 6.74. The summed E-state index contributed by atoms with van der Waals surface area (Å²) in [5.41, 5.74) is 5.28. The Morgan fingerprint density at radius 2 is 2.00 bits per heavy atom. The molecule has 0 spiro atoms. The Balaban J connectivity index is 4.87. The van der Waals surface area contributed by atoms with Gasteiger partial charge in [-0.2, -0.15) is 0 Å². The molecule has 0 aliphatic rings. The first-order valence-corrected chi connectivity index (χ1v) is 3.24. The Kier molecular flexibility index (Phi) is 3.62. The number of carbonyl (C=O) groups is 1. The number of rotatable bonds is 3. The standard InChI is InChI=1S/C8H11NO3/c1-3-6(9)4-7(5(2)10)8(11)12/h3-4,10H,2,9H2,1H3,(H,11,12)/b6-3+,7-4+. The highest BCUT2D eigenvalue weighted by atomic mass is 16.4. The fraction of sp³-hybridized carbons (Fsp3) is 0.125. The van der Waals surface area contributed by atoms with E-state index in [0.29, 0.717) is 0 Å². The molecule has 0 saturated carbocycles. The summed E-state index contributed by atoms with van der Waals surface area (Å²) in [4.78, 5) is 10.4. The number of hydrogen-bond acceptors (Lipinski definition) is 3.